The largest absolute Gasteiger partial charge is 0.325 e. The average molecular weight is 322 g/mol. The van der Waals surface area contributed by atoms with E-state index < -0.39 is 32.7 Å². The Balaban J connectivity index is 2.09. The van der Waals surface area contributed by atoms with Gasteiger partial charge in [-0.25, -0.2) is 12.8 Å². The van der Waals surface area contributed by atoms with Crippen molar-refractivity contribution in [1.82, 2.24) is 4.72 Å². The minimum atomic E-state index is -4.11. The first-order chi connectivity index (χ1) is 10.4. The Bertz CT molecular complexity index is 763. The highest BCUT2D eigenvalue weighted by atomic mass is 32.2. The molecule has 0 aliphatic rings. The third-order valence-corrected chi connectivity index (χ3v) is 4.47. The maximum atomic E-state index is 13.6. The number of rotatable bonds is 5. The van der Waals surface area contributed by atoms with Crippen LogP contribution < -0.4 is 10.0 Å². The Morgan fingerprint density at radius 2 is 1.64 bits per heavy atom. The summed E-state index contributed by atoms with van der Waals surface area (Å²) in [4.78, 5) is 11.5. The first-order valence-corrected chi connectivity index (χ1v) is 8.01. The molecule has 5 nitrogen and oxygen atoms in total. The van der Waals surface area contributed by atoms with E-state index >= 15 is 0 Å². The molecule has 1 amide bonds. The second-order valence-corrected chi connectivity index (χ2v) is 6.31. The van der Waals surface area contributed by atoms with E-state index in [2.05, 4.69) is 10.0 Å². The van der Waals surface area contributed by atoms with Crippen LogP contribution in [0.4, 0.5) is 10.1 Å². The molecule has 0 bridgehead atoms. The third kappa shape index (κ3) is 3.90. The maximum Gasteiger partial charge on any atom is 0.244 e. The summed E-state index contributed by atoms with van der Waals surface area (Å²) in [6, 6.07) is 12.6. The number of benzene rings is 2. The van der Waals surface area contributed by atoms with E-state index in [9.17, 15) is 17.6 Å². The minimum Gasteiger partial charge on any atom is -0.325 e. The predicted molar refractivity (Wildman–Crippen MR) is 81.3 cm³/mol. The molecule has 0 heterocycles. The molecule has 2 aromatic rings. The number of nitrogens with one attached hydrogen (secondary N) is 2. The Kier molecular flexibility index (Phi) is 4.89. The van der Waals surface area contributed by atoms with Crippen LogP contribution in [0.15, 0.2) is 59.5 Å². The molecule has 0 aliphatic carbocycles. The van der Waals surface area contributed by atoms with Gasteiger partial charge < -0.3 is 5.32 Å². The van der Waals surface area contributed by atoms with E-state index in [4.69, 9.17) is 0 Å². The minimum absolute atomic E-state index is 0.491. The van der Waals surface area contributed by atoms with Gasteiger partial charge in [-0.15, -0.1) is 0 Å². The number of amides is 1. The average Bonchev–Trinajstić information content (AvgIpc) is 2.48. The van der Waals surface area contributed by atoms with Crippen LogP contribution in [0.3, 0.4) is 0 Å². The van der Waals surface area contributed by atoms with E-state index in [1.165, 1.54) is 19.1 Å². The fourth-order valence-electron chi connectivity index (χ4n) is 1.78. The summed E-state index contributed by atoms with van der Waals surface area (Å²) in [5, 5.41) is 2.57. The zero-order valence-corrected chi connectivity index (χ0v) is 12.6. The third-order valence-electron chi connectivity index (χ3n) is 2.89. The molecule has 1 atom stereocenters. The van der Waals surface area contributed by atoms with Crippen molar-refractivity contribution in [1.29, 1.82) is 0 Å². The van der Waals surface area contributed by atoms with Gasteiger partial charge in [0.1, 0.15) is 10.7 Å². The molecule has 2 N–H and O–H groups in total. The van der Waals surface area contributed by atoms with Gasteiger partial charge in [0.25, 0.3) is 0 Å². The summed E-state index contributed by atoms with van der Waals surface area (Å²) >= 11 is 0. The van der Waals surface area contributed by atoms with Crippen LogP contribution in [-0.4, -0.2) is 20.4 Å². The molecular formula is C15H15FN2O3S. The Hall–Kier alpha value is -2.25. The van der Waals surface area contributed by atoms with Gasteiger partial charge in [-0.05, 0) is 31.2 Å². The molecule has 7 heteroatoms. The molecule has 0 fully saturated rings. The lowest BCUT2D eigenvalue weighted by Crippen LogP contribution is -2.41. The van der Waals surface area contributed by atoms with E-state index in [1.54, 1.807) is 30.3 Å². The van der Waals surface area contributed by atoms with Crippen molar-refractivity contribution in [3.8, 4) is 0 Å². The second-order valence-electron chi connectivity index (χ2n) is 4.63. The van der Waals surface area contributed by atoms with Crippen molar-refractivity contribution >= 4 is 21.6 Å². The van der Waals surface area contributed by atoms with Crippen LogP contribution in [0.5, 0.6) is 0 Å². The molecule has 0 aromatic heterocycles. The second kappa shape index (κ2) is 6.67. The molecule has 0 radical (unpaired) electrons. The summed E-state index contributed by atoms with van der Waals surface area (Å²) in [7, 11) is -4.11. The monoisotopic (exact) mass is 322 g/mol. The van der Waals surface area contributed by atoms with Crippen molar-refractivity contribution in [2.45, 2.75) is 17.9 Å². The quantitative estimate of drug-likeness (QED) is 0.885. The van der Waals surface area contributed by atoms with Crippen LogP contribution in [-0.2, 0) is 14.8 Å². The zero-order valence-electron chi connectivity index (χ0n) is 11.8. The number of sulfonamides is 1. The summed E-state index contributed by atoms with van der Waals surface area (Å²) in [6.45, 7) is 1.39. The lowest BCUT2D eigenvalue weighted by molar-refractivity contribution is -0.117. The molecule has 0 aliphatic heterocycles. The van der Waals surface area contributed by atoms with Crippen molar-refractivity contribution in [2.24, 2.45) is 0 Å². The van der Waals surface area contributed by atoms with Crippen LogP contribution in [0.1, 0.15) is 6.92 Å². The van der Waals surface area contributed by atoms with Crippen molar-refractivity contribution in [3.05, 3.63) is 60.4 Å². The number of hydrogen-bond acceptors (Lipinski definition) is 3. The number of para-hydroxylation sites is 1. The van der Waals surface area contributed by atoms with Gasteiger partial charge in [0.2, 0.25) is 15.9 Å². The van der Waals surface area contributed by atoms with Crippen LogP contribution >= 0.6 is 0 Å². The number of carbonyl (C=O) groups excluding carboxylic acids is 1. The van der Waals surface area contributed by atoms with Crippen molar-refractivity contribution in [2.75, 3.05) is 5.32 Å². The highest BCUT2D eigenvalue weighted by molar-refractivity contribution is 7.89. The van der Waals surface area contributed by atoms with Gasteiger partial charge in [-0.3, -0.25) is 4.79 Å². The van der Waals surface area contributed by atoms with E-state index in [1.807, 2.05) is 0 Å². The predicted octanol–water partition coefficient (Wildman–Crippen LogP) is 2.13. The summed E-state index contributed by atoms with van der Waals surface area (Å²) in [5.41, 5.74) is 0.546. The summed E-state index contributed by atoms with van der Waals surface area (Å²) < 4.78 is 39.9. The molecule has 2 aromatic carbocycles. The van der Waals surface area contributed by atoms with E-state index in [0.29, 0.717) is 5.69 Å². The molecule has 22 heavy (non-hydrogen) atoms. The zero-order chi connectivity index (χ0) is 16.2. The molecule has 2 rings (SSSR count). The topological polar surface area (TPSA) is 75.3 Å². The van der Waals surface area contributed by atoms with Crippen LogP contribution in [0, 0.1) is 5.82 Å². The standard InChI is InChI=1S/C15H15FN2O3S/c1-11(15(19)17-12-7-3-2-4-8-12)18-22(20,21)14-10-6-5-9-13(14)16/h2-11,18H,1H3,(H,17,19). The molecular weight excluding hydrogens is 307 g/mol. The first kappa shape index (κ1) is 16.1. The van der Waals surface area contributed by atoms with E-state index in [-0.39, 0.29) is 0 Å². The molecule has 0 saturated heterocycles. The van der Waals surface area contributed by atoms with Crippen LogP contribution in [0.25, 0.3) is 0 Å². The van der Waals surface area contributed by atoms with E-state index in [0.717, 1.165) is 12.1 Å². The number of halogens is 1. The molecule has 0 saturated carbocycles. The SMILES string of the molecule is CC(NS(=O)(=O)c1ccccc1F)C(=O)Nc1ccccc1. The van der Waals surface area contributed by atoms with Crippen molar-refractivity contribution < 1.29 is 17.6 Å². The van der Waals surface area contributed by atoms with Crippen LogP contribution in [0.2, 0.25) is 0 Å². The number of anilines is 1. The Labute approximate surface area is 128 Å². The highest BCUT2D eigenvalue weighted by Crippen LogP contribution is 2.14. The van der Waals surface area contributed by atoms with Gasteiger partial charge in [0.15, 0.2) is 0 Å². The number of hydrogen-bond donors (Lipinski definition) is 2. The summed E-state index contributed by atoms with van der Waals surface area (Å²) in [6.07, 6.45) is 0. The molecule has 0 spiro atoms. The van der Waals surface area contributed by atoms with Gasteiger partial charge >= 0.3 is 0 Å². The fourth-order valence-corrected chi connectivity index (χ4v) is 3.07. The Morgan fingerprint density at radius 3 is 2.27 bits per heavy atom. The number of carbonyl (C=O) groups is 1. The molecule has 1 unspecified atom stereocenters. The normalized spacial score (nSPS) is 12.6. The summed E-state index contributed by atoms with van der Waals surface area (Å²) in [5.74, 6) is -1.41. The van der Waals surface area contributed by atoms with Gasteiger partial charge in [0.05, 0.1) is 6.04 Å². The van der Waals surface area contributed by atoms with Crippen molar-refractivity contribution in [3.63, 3.8) is 0 Å². The first-order valence-electron chi connectivity index (χ1n) is 6.53. The smallest absolute Gasteiger partial charge is 0.244 e. The lowest BCUT2D eigenvalue weighted by Gasteiger charge is -2.14. The maximum absolute atomic E-state index is 13.6. The molecule has 116 valence electrons. The van der Waals surface area contributed by atoms with Gasteiger partial charge in [-0.2, -0.15) is 4.72 Å². The van der Waals surface area contributed by atoms with Gasteiger partial charge in [0, 0.05) is 5.69 Å². The fraction of sp³-hybridized carbons (Fsp3) is 0.133. The highest BCUT2D eigenvalue weighted by Gasteiger charge is 2.24. The van der Waals surface area contributed by atoms with Gasteiger partial charge in [-0.1, -0.05) is 30.3 Å². The lowest BCUT2D eigenvalue weighted by atomic mass is 10.3. The Morgan fingerprint density at radius 1 is 1.05 bits per heavy atom.